The first-order valence-corrected chi connectivity index (χ1v) is 7.16. The zero-order valence-corrected chi connectivity index (χ0v) is 11.5. The van der Waals surface area contributed by atoms with Crippen LogP contribution in [-0.4, -0.2) is 0 Å². The molecule has 3 aliphatic carbocycles. The summed E-state index contributed by atoms with van der Waals surface area (Å²) in [4.78, 5) is 0. The quantitative estimate of drug-likeness (QED) is 0.577. The molecule has 0 N–H and O–H groups in total. The van der Waals surface area contributed by atoms with Gasteiger partial charge in [-0.15, -0.1) is 0 Å². The number of hydrogen-bond acceptors (Lipinski definition) is 0. The van der Waals surface area contributed by atoms with Crippen molar-refractivity contribution in [3.05, 3.63) is 30.7 Å². The average molecular weight is 228 g/mol. The Kier molecular flexibility index (Phi) is 2.54. The van der Waals surface area contributed by atoms with Crippen molar-refractivity contribution in [1.29, 1.82) is 0 Å². The van der Waals surface area contributed by atoms with Crippen molar-refractivity contribution >= 4 is 0 Å². The molecule has 0 aromatic rings. The van der Waals surface area contributed by atoms with Gasteiger partial charge in [0.2, 0.25) is 0 Å². The van der Waals surface area contributed by atoms with Gasteiger partial charge in [-0.1, -0.05) is 52.0 Å². The SMILES string of the molecule is CC1CC2C3C=CC=CC3[C]C2(C)C(C)C1C. The van der Waals surface area contributed by atoms with E-state index in [0.29, 0.717) is 11.3 Å². The predicted molar refractivity (Wildman–Crippen MR) is 72.2 cm³/mol. The maximum Gasteiger partial charge on any atom is -0.00221 e. The number of allylic oxidation sites excluding steroid dienone is 4. The molecule has 2 saturated carbocycles. The Bertz CT molecular complexity index is 364. The third-order valence-electron chi connectivity index (χ3n) is 6.15. The van der Waals surface area contributed by atoms with Crippen molar-refractivity contribution in [1.82, 2.24) is 0 Å². The number of fused-ring (bicyclic) bond motifs is 3. The van der Waals surface area contributed by atoms with Gasteiger partial charge in [-0.05, 0) is 53.8 Å². The Labute approximate surface area is 106 Å². The Morgan fingerprint density at radius 2 is 1.82 bits per heavy atom. The summed E-state index contributed by atoms with van der Waals surface area (Å²) < 4.78 is 0. The molecule has 17 heavy (non-hydrogen) atoms. The lowest BCUT2D eigenvalue weighted by Gasteiger charge is -2.49. The Hall–Kier alpha value is -0.520. The molecule has 2 radical (unpaired) electrons. The van der Waals surface area contributed by atoms with Gasteiger partial charge >= 0.3 is 0 Å². The van der Waals surface area contributed by atoms with Crippen LogP contribution in [0, 0.1) is 47.3 Å². The summed E-state index contributed by atoms with van der Waals surface area (Å²) in [7, 11) is 0. The highest BCUT2D eigenvalue weighted by Gasteiger charge is 2.56. The van der Waals surface area contributed by atoms with Gasteiger partial charge in [0.25, 0.3) is 0 Å². The first-order valence-electron chi connectivity index (χ1n) is 7.16. The Morgan fingerprint density at radius 3 is 2.59 bits per heavy atom. The van der Waals surface area contributed by atoms with Crippen LogP contribution >= 0.6 is 0 Å². The van der Waals surface area contributed by atoms with E-state index in [-0.39, 0.29) is 0 Å². The van der Waals surface area contributed by atoms with Gasteiger partial charge in [0.15, 0.2) is 0 Å². The van der Waals surface area contributed by atoms with Crippen molar-refractivity contribution in [3.8, 4) is 0 Å². The fourth-order valence-electron chi connectivity index (χ4n) is 4.54. The molecule has 0 aromatic heterocycles. The second kappa shape index (κ2) is 3.73. The molecule has 7 unspecified atom stereocenters. The highest BCUT2D eigenvalue weighted by atomic mass is 14.6. The maximum atomic E-state index is 3.93. The van der Waals surface area contributed by atoms with Gasteiger partial charge in [-0.25, -0.2) is 0 Å². The van der Waals surface area contributed by atoms with Crippen molar-refractivity contribution in [3.63, 3.8) is 0 Å². The standard InChI is InChI=1S/C17H24/c1-11-9-16-15-8-6-5-7-14(15)10-17(16,4)13(3)12(11)2/h5-8,11-16H,9H2,1-4H3. The van der Waals surface area contributed by atoms with Gasteiger partial charge in [0.1, 0.15) is 0 Å². The highest BCUT2D eigenvalue weighted by Crippen LogP contribution is 2.62. The maximum absolute atomic E-state index is 3.93. The summed E-state index contributed by atoms with van der Waals surface area (Å²) in [5.41, 5.74) is 0.334. The van der Waals surface area contributed by atoms with E-state index in [2.05, 4.69) is 58.4 Å². The highest BCUT2D eigenvalue weighted by molar-refractivity contribution is 5.27. The van der Waals surface area contributed by atoms with Crippen LogP contribution in [-0.2, 0) is 0 Å². The van der Waals surface area contributed by atoms with Crippen LogP contribution in [0.3, 0.4) is 0 Å². The number of rotatable bonds is 0. The molecule has 2 fully saturated rings. The van der Waals surface area contributed by atoms with Gasteiger partial charge in [0.05, 0.1) is 0 Å². The Morgan fingerprint density at radius 1 is 1.12 bits per heavy atom. The summed E-state index contributed by atoms with van der Waals surface area (Å²) in [5.74, 6) is 4.58. The summed E-state index contributed by atoms with van der Waals surface area (Å²) in [6.45, 7) is 9.79. The average Bonchev–Trinajstić information content (AvgIpc) is 2.61. The van der Waals surface area contributed by atoms with Crippen LogP contribution in [0.2, 0.25) is 0 Å². The predicted octanol–water partition coefficient (Wildman–Crippen LogP) is 4.37. The molecule has 3 aliphatic rings. The van der Waals surface area contributed by atoms with E-state index in [1.807, 2.05) is 0 Å². The van der Waals surface area contributed by atoms with Crippen molar-refractivity contribution in [2.24, 2.45) is 40.9 Å². The van der Waals surface area contributed by atoms with Crippen LogP contribution < -0.4 is 0 Å². The molecule has 0 aliphatic heterocycles. The molecule has 0 heterocycles. The third kappa shape index (κ3) is 1.49. The third-order valence-corrected chi connectivity index (χ3v) is 6.15. The molecular weight excluding hydrogens is 204 g/mol. The van der Waals surface area contributed by atoms with E-state index in [1.165, 1.54) is 6.42 Å². The monoisotopic (exact) mass is 228 g/mol. The smallest absolute Gasteiger partial charge is 0.00221 e. The molecule has 0 bridgehead atoms. The van der Waals surface area contributed by atoms with Crippen molar-refractivity contribution in [2.45, 2.75) is 34.1 Å². The van der Waals surface area contributed by atoms with E-state index < -0.39 is 0 Å². The number of hydrogen-bond donors (Lipinski definition) is 0. The lowest BCUT2D eigenvalue weighted by atomic mass is 9.55. The van der Waals surface area contributed by atoms with Crippen LogP contribution in [0.5, 0.6) is 0 Å². The second-order valence-electron chi connectivity index (χ2n) is 6.77. The van der Waals surface area contributed by atoms with Crippen LogP contribution in [0.1, 0.15) is 34.1 Å². The summed E-state index contributed by atoms with van der Waals surface area (Å²) in [6, 6.07) is 0. The largest absolute Gasteiger partial charge is 0.0805 e. The molecule has 0 amide bonds. The molecular formula is C17H24. The molecule has 0 saturated heterocycles. The molecule has 0 heteroatoms. The van der Waals surface area contributed by atoms with Crippen LogP contribution in [0.4, 0.5) is 0 Å². The summed E-state index contributed by atoms with van der Waals surface area (Å²) in [5, 5.41) is 0. The molecule has 92 valence electrons. The molecule has 0 nitrogen and oxygen atoms in total. The van der Waals surface area contributed by atoms with E-state index in [1.54, 1.807) is 0 Å². The summed E-state index contributed by atoms with van der Waals surface area (Å²) in [6.07, 6.45) is 14.5. The molecule has 0 spiro atoms. The first kappa shape index (κ1) is 11.6. The van der Waals surface area contributed by atoms with Crippen molar-refractivity contribution < 1.29 is 0 Å². The van der Waals surface area contributed by atoms with Crippen LogP contribution in [0.25, 0.3) is 0 Å². The van der Waals surface area contributed by atoms with Crippen LogP contribution in [0.15, 0.2) is 24.3 Å². The molecule has 0 aromatic carbocycles. The molecule has 3 rings (SSSR count). The van der Waals surface area contributed by atoms with Gasteiger partial charge in [-0.2, -0.15) is 0 Å². The van der Waals surface area contributed by atoms with E-state index in [4.69, 9.17) is 0 Å². The lowest BCUT2D eigenvalue weighted by molar-refractivity contribution is 0.0146. The minimum atomic E-state index is 0.334. The second-order valence-corrected chi connectivity index (χ2v) is 6.77. The van der Waals surface area contributed by atoms with Gasteiger partial charge < -0.3 is 0 Å². The fourth-order valence-corrected chi connectivity index (χ4v) is 4.54. The van der Waals surface area contributed by atoms with E-state index in [9.17, 15) is 0 Å². The molecule has 7 atom stereocenters. The fraction of sp³-hybridized carbons (Fsp3) is 0.706. The van der Waals surface area contributed by atoms with Gasteiger partial charge in [0, 0.05) is 0 Å². The minimum Gasteiger partial charge on any atom is -0.0805 e. The van der Waals surface area contributed by atoms with E-state index >= 15 is 0 Å². The zero-order valence-electron chi connectivity index (χ0n) is 11.5. The first-order chi connectivity index (χ1) is 8.04. The normalized spacial score (nSPS) is 56.7. The van der Waals surface area contributed by atoms with Crippen molar-refractivity contribution in [2.75, 3.05) is 0 Å². The van der Waals surface area contributed by atoms with E-state index in [0.717, 1.165) is 29.6 Å². The lowest BCUT2D eigenvalue weighted by Crippen LogP contribution is -2.43. The topological polar surface area (TPSA) is 0 Å². The summed E-state index contributed by atoms with van der Waals surface area (Å²) >= 11 is 0. The van der Waals surface area contributed by atoms with Gasteiger partial charge in [-0.3, -0.25) is 0 Å². The minimum absolute atomic E-state index is 0.334. The Balaban J connectivity index is 1.96. The zero-order chi connectivity index (χ0) is 12.2.